The molecule has 7 heteroatoms. The van der Waals surface area contributed by atoms with Crippen molar-refractivity contribution in [3.63, 3.8) is 0 Å². The molecule has 38 valence electrons. The summed E-state index contributed by atoms with van der Waals surface area (Å²) in [6, 6.07) is 0. The van der Waals surface area contributed by atoms with Gasteiger partial charge in [-0.3, -0.25) is 0 Å². The van der Waals surface area contributed by atoms with Gasteiger partial charge >= 0.3 is 103 Å². The Kier molecular flexibility index (Phi) is 539. The van der Waals surface area contributed by atoms with E-state index in [4.69, 9.17) is 0 Å². The van der Waals surface area contributed by atoms with E-state index in [0.717, 1.165) is 0 Å². The average molecular weight is 332 g/mol. The van der Waals surface area contributed by atoms with Gasteiger partial charge in [0.25, 0.3) is 0 Å². The minimum absolute atomic E-state index is 0. The van der Waals surface area contributed by atoms with Gasteiger partial charge in [0.2, 0.25) is 0 Å². The first kappa shape index (κ1) is 71.8. The molecule has 0 spiro atoms. The van der Waals surface area contributed by atoms with E-state index in [9.17, 15) is 0 Å². The van der Waals surface area contributed by atoms with E-state index in [2.05, 4.69) is 0 Å². The van der Waals surface area contributed by atoms with Crippen LogP contribution in [0.4, 0.5) is 0 Å². The minimum atomic E-state index is 0. The normalized spacial score (nSPS) is 0. The predicted molar refractivity (Wildman–Crippen MR) is 11.1 cm³/mol. The number of rotatable bonds is 0. The van der Waals surface area contributed by atoms with Crippen LogP contribution in [0.3, 0.4) is 0 Å². The Hall–Kier alpha value is 3.80. The van der Waals surface area contributed by atoms with E-state index in [0.29, 0.717) is 0 Å². The van der Waals surface area contributed by atoms with Crippen molar-refractivity contribution in [1.29, 1.82) is 0 Å². The van der Waals surface area contributed by atoms with Gasteiger partial charge < -0.3 is 21.9 Å². The van der Waals surface area contributed by atoms with Gasteiger partial charge in [0.1, 0.15) is 0 Å². The maximum Gasteiger partial charge on any atom is 1.00 e. The summed E-state index contributed by atoms with van der Waals surface area (Å²) in [7, 11) is 0. The first-order valence-corrected chi connectivity index (χ1v) is 0. The van der Waals surface area contributed by atoms with Gasteiger partial charge in [-0.25, -0.2) is 0 Å². The summed E-state index contributed by atoms with van der Waals surface area (Å²) in [6.45, 7) is 0. The van der Waals surface area contributed by atoms with E-state index < -0.39 is 0 Å². The third-order valence-corrected chi connectivity index (χ3v) is 0. The molecule has 0 saturated carbocycles. The Bertz CT molecular complexity index is 9.65. The third kappa shape index (κ3) is 41.3. The average Bonchev–Trinajstić information content (AvgIpc) is 0. The summed E-state index contributed by atoms with van der Waals surface area (Å²) in [4.78, 5) is 0. The monoisotopic (exact) mass is 332 g/mol. The van der Waals surface area contributed by atoms with E-state index in [1.54, 1.807) is 0 Å². The van der Waals surface area contributed by atoms with Crippen LogP contribution in [0.5, 0.6) is 0 Å². The molecular weight excluding hydrogens is 326 g/mol. The summed E-state index contributed by atoms with van der Waals surface area (Å²) >= 11 is 0. The molecule has 0 amide bonds. The molecule has 0 aliphatic rings. The minimum Gasteiger partial charge on any atom is -0.870 e. The quantitative estimate of drug-likeness (QED) is 0.409. The zero-order valence-corrected chi connectivity index (χ0v) is 13.5. The SMILES string of the molecule is O.O.[K+].[K+].[OH-].[OH-].[W]. The van der Waals surface area contributed by atoms with E-state index >= 15 is 0 Å². The van der Waals surface area contributed by atoms with Gasteiger partial charge in [-0.15, -0.1) is 0 Å². The largest absolute Gasteiger partial charge is 1.00 e. The van der Waals surface area contributed by atoms with Gasteiger partial charge in [0.15, 0.2) is 0 Å². The van der Waals surface area contributed by atoms with Crippen molar-refractivity contribution in [3.8, 4) is 0 Å². The van der Waals surface area contributed by atoms with Crippen LogP contribution >= 0.6 is 0 Å². The molecule has 0 radical (unpaired) electrons. The van der Waals surface area contributed by atoms with Crippen LogP contribution < -0.4 is 103 Å². The Morgan fingerprint density at radius 1 is 0.571 bits per heavy atom. The molecule has 7 heavy (non-hydrogen) atoms. The molecule has 0 bridgehead atoms. The van der Waals surface area contributed by atoms with Crippen LogP contribution in [-0.2, 0) is 21.1 Å². The summed E-state index contributed by atoms with van der Waals surface area (Å²) in [6.07, 6.45) is 0. The van der Waals surface area contributed by atoms with Crippen LogP contribution in [-0.4, -0.2) is 21.9 Å². The molecule has 6 N–H and O–H groups in total. The molecule has 0 rings (SSSR count). The van der Waals surface area contributed by atoms with Crippen molar-refractivity contribution in [3.05, 3.63) is 0 Å². The van der Waals surface area contributed by atoms with E-state index in [-0.39, 0.29) is 146 Å². The van der Waals surface area contributed by atoms with E-state index in [1.807, 2.05) is 0 Å². The smallest absolute Gasteiger partial charge is 0.870 e. The fraction of sp³-hybridized carbons (Fsp3) is 0. The van der Waals surface area contributed by atoms with E-state index in [1.165, 1.54) is 0 Å². The first-order chi connectivity index (χ1) is 0. The molecule has 0 aromatic carbocycles. The Morgan fingerprint density at radius 3 is 0.571 bits per heavy atom. The van der Waals surface area contributed by atoms with Crippen molar-refractivity contribution < 1.29 is 146 Å². The predicted octanol–water partition coefficient (Wildman–Crippen LogP) is -8.00. The molecule has 0 aliphatic heterocycles. The number of hydrogen-bond donors (Lipinski definition) is 0. The van der Waals surface area contributed by atoms with Crippen LogP contribution in [0, 0.1) is 0 Å². The first-order valence-electron chi connectivity index (χ1n) is 0. The summed E-state index contributed by atoms with van der Waals surface area (Å²) < 4.78 is 0. The van der Waals surface area contributed by atoms with Crippen LogP contribution in [0.1, 0.15) is 0 Å². The topological polar surface area (TPSA) is 123 Å². The van der Waals surface area contributed by atoms with Crippen molar-refractivity contribution in [2.24, 2.45) is 0 Å². The second-order valence-electron chi connectivity index (χ2n) is 0. The molecule has 0 unspecified atom stereocenters. The van der Waals surface area contributed by atoms with Crippen molar-refractivity contribution in [2.45, 2.75) is 0 Å². The maximum absolute atomic E-state index is 0. The molecule has 0 atom stereocenters. The molecular formula is H6K2O4W. The zero-order valence-electron chi connectivity index (χ0n) is 4.30. The molecule has 0 aliphatic carbocycles. The Balaban J connectivity index is 0. The zero-order chi connectivity index (χ0) is 0. The molecule has 0 aromatic heterocycles. The molecule has 0 aromatic rings. The second kappa shape index (κ2) is 52.5. The van der Waals surface area contributed by atoms with Gasteiger partial charge in [-0.2, -0.15) is 0 Å². The van der Waals surface area contributed by atoms with Crippen LogP contribution in [0.2, 0.25) is 0 Å². The standard InChI is InChI=1S/2K.4H2O.W/h;;4*1H2;/q2*+1;;;;;/p-2. The number of hydrogen-bond acceptors (Lipinski definition) is 2. The van der Waals surface area contributed by atoms with Crippen molar-refractivity contribution in [2.75, 3.05) is 0 Å². The molecule has 0 saturated heterocycles. The summed E-state index contributed by atoms with van der Waals surface area (Å²) in [5.74, 6) is 0. The van der Waals surface area contributed by atoms with Gasteiger partial charge in [-0.05, 0) is 0 Å². The maximum atomic E-state index is 0. The fourth-order valence-electron chi connectivity index (χ4n) is 0. The van der Waals surface area contributed by atoms with Crippen LogP contribution in [0.25, 0.3) is 0 Å². The Morgan fingerprint density at radius 2 is 0.571 bits per heavy atom. The Labute approximate surface area is 142 Å². The molecule has 0 heterocycles. The van der Waals surface area contributed by atoms with Gasteiger partial charge in [0.05, 0.1) is 0 Å². The van der Waals surface area contributed by atoms with Crippen LogP contribution in [0.15, 0.2) is 0 Å². The van der Waals surface area contributed by atoms with Gasteiger partial charge in [0, 0.05) is 21.1 Å². The summed E-state index contributed by atoms with van der Waals surface area (Å²) in [5.41, 5.74) is 0. The third-order valence-electron chi connectivity index (χ3n) is 0. The van der Waals surface area contributed by atoms with Gasteiger partial charge in [-0.1, -0.05) is 0 Å². The second-order valence-corrected chi connectivity index (χ2v) is 0. The fourth-order valence-corrected chi connectivity index (χ4v) is 0. The molecule has 4 nitrogen and oxygen atoms in total. The van der Waals surface area contributed by atoms with Crippen molar-refractivity contribution >= 4 is 0 Å². The summed E-state index contributed by atoms with van der Waals surface area (Å²) in [5, 5.41) is 0. The molecule has 0 fully saturated rings. The van der Waals surface area contributed by atoms with Crippen molar-refractivity contribution in [1.82, 2.24) is 0 Å².